The van der Waals surface area contributed by atoms with Gasteiger partial charge in [0.15, 0.2) is 0 Å². The number of hydrogen-bond donors (Lipinski definition) is 1. The highest BCUT2D eigenvalue weighted by atomic mass is 32.2. The van der Waals surface area contributed by atoms with Gasteiger partial charge in [-0.25, -0.2) is 8.42 Å². The first-order chi connectivity index (χ1) is 9.39. The van der Waals surface area contributed by atoms with Crippen molar-refractivity contribution >= 4 is 15.7 Å². The van der Waals surface area contributed by atoms with E-state index >= 15 is 0 Å². The van der Waals surface area contributed by atoms with Crippen molar-refractivity contribution in [3.63, 3.8) is 0 Å². The van der Waals surface area contributed by atoms with Crippen LogP contribution in [0, 0.1) is 11.8 Å². The smallest absolute Gasteiger partial charge is 0.241 e. The highest BCUT2D eigenvalue weighted by molar-refractivity contribution is 7.93. The molecule has 0 bridgehead atoms. The van der Waals surface area contributed by atoms with Crippen LogP contribution in [0.1, 0.15) is 20.3 Å². The molecule has 2 rings (SSSR count). The van der Waals surface area contributed by atoms with E-state index in [9.17, 15) is 8.42 Å². The molecule has 0 amide bonds. The third-order valence-electron chi connectivity index (χ3n) is 3.71. The van der Waals surface area contributed by atoms with Gasteiger partial charge in [-0.05, 0) is 24.3 Å². The zero-order chi connectivity index (χ0) is 14.9. The Morgan fingerprint density at radius 1 is 1.20 bits per heavy atom. The number of ether oxygens (including phenoxy) is 2. The minimum absolute atomic E-state index is 0.166. The molecule has 7 heteroatoms. The van der Waals surface area contributed by atoms with E-state index in [1.807, 2.05) is 13.8 Å². The molecule has 1 aromatic heterocycles. The first kappa shape index (κ1) is 14.9. The third kappa shape index (κ3) is 2.67. The van der Waals surface area contributed by atoms with Crippen molar-refractivity contribution in [2.24, 2.45) is 11.8 Å². The number of sulfonamides is 1. The first-order valence-electron chi connectivity index (χ1n) is 6.49. The average Bonchev–Trinajstić information content (AvgIpc) is 2.37. The molecule has 1 aromatic rings. The van der Waals surface area contributed by atoms with Crippen LogP contribution in [0.4, 0.5) is 5.69 Å². The summed E-state index contributed by atoms with van der Waals surface area (Å²) in [6, 6.07) is 3.18. The first-order valence-corrected chi connectivity index (χ1v) is 8.04. The van der Waals surface area contributed by atoms with Crippen LogP contribution in [0.2, 0.25) is 0 Å². The Bertz CT molecular complexity index is 580. The van der Waals surface area contributed by atoms with Crippen LogP contribution in [-0.4, -0.2) is 32.9 Å². The molecule has 2 unspecified atom stereocenters. The van der Waals surface area contributed by atoms with Crippen LogP contribution in [0.5, 0.6) is 11.8 Å². The molecule has 1 saturated carbocycles. The number of hydrogen-bond acceptors (Lipinski definition) is 5. The van der Waals surface area contributed by atoms with Gasteiger partial charge in [0.1, 0.15) is 5.69 Å². The van der Waals surface area contributed by atoms with E-state index in [1.165, 1.54) is 14.2 Å². The molecule has 0 saturated heterocycles. The standard InChI is InChI=1S/C13H20N2O4S/c1-8-7-9(2)12(8)20(16,17)15-10-5-6-11(18-3)14-13(10)19-4/h5-6,8-9,12,15H,7H2,1-4H3/t8-,9?,12?/m1/s1. The topological polar surface area (TPSA) is 77.5 Å². The fraction of sp³-hybridized carbons (Fsp3) is 0.615. The molecule has 1 heterocycles. The summed E-state index contributed by atoms with van der Waals surface area (Å²) in [5.41, 5.74) is 0.333. The van der Waals surface area contributed by atoms with E-state index in [0.717, 1.165) is 6.42 Å². The monoisotopic (exact) mass is 300 g/mol. The van der Waals surface area contributed by atoms with Crippen molar-refractivity contribution < 1.29 is 17.9 Å². The second kappa shape index (κ2) is 5.47. The number of anilines is 1. The molecule has 1 N–H and O–H groups in total. The normalized spacial score (nSPS) is 25.7. The van der Waals surface area contributed by atoms with Crippen LogP contribution in [-0.2, 0) is 10.0 Å². The Hall–Kier alpha value is -1.50. The Labute approximate surface area is 119 Å². The van der Waals surface area contributed by atoms with Crippen LogP contribution in [0.25, 0.3) is 0 Å². The molecule has 0 radical (unpaired) electrons. The van der Waals surface area contributed by atoms with E-state index < -0.39 is 10.0 Å². The number of nitrogens with zero attached hydrogens (tertiary/aromatic N) is 1. The van der Waals surface area contributed by atoms with Gasteiger partial charge in [0.25, 0.3) is 0 Å². The molecular formula is C13H20N2O4S. The number of rotatable bonds is 5. The zero-order valence-electron chi connectivity index (χ0n) is 12.1. The highest BCUT2D eigenvalue weighted by Crippen LogP contribution is 2.39. The molecular weight excluding hydrogens is 280 g/mol. The summed E-state index contributed by atoms with van der Waals surface area (Å²) in [5.74, 6) is 0.905. The summed E-state index contributed by atoms with van der Waals surface area (Å²) in [6.45, 7) is 3.90. The van der Waals surface area contributed by atoms with Gasteiger partial charge in [-0.3, -0.25) is 4.72 Å². The maximum Gasteiger partial charge on any atom is 0.241 e. The lowest BCUT2D eigenvalue weighted by atomic mass is 9.77. The number of aromatic nitrogens is 1. The van der Waals surface area contributed by atoms with E-state index in [-0.39, 0.29) is 23.0 Å². The summed E-state index contributed by atoms with van der Waals surface area (Å²) >= 11 is 0. The fourth-order valence-corrected chi connectivity index (χ4v) is 4.87. The van der Waals surface area contributed by atoms with E-state index in [0.29, 0.717) is 11.6 Å². The maximum absolute atomic E-state index is 12.4. The zero-order valence-corrected chi connectivity index (χ0v) is 12.9. The van der Waals surface area contributed by atoms with Gasteiger partial charge in [0.2, 0.25) is 21.8 Å². The number of pyridine rings is 1. The lowest BCUT2D eigenvalue weighted by Crippen LogP contribution is -2.47. The second-order valence-corrected chi connectivity index (χ2v) is 7.05. The van der Waals surface area contributed by atoms with Crippen molar-refractivity contribution in [2.45, 2.75) is 25.5 Å². The summed E-state index contributed by atoms with van der Waals surface area (Å²) in [6.07, 6.45) is 0.934. The lowest BCUT2D eigenvalue weighted by molar-refractivity contribution is 0.238. The molecule has 6 nitrogen and oxygen atoms in total. The maximum atomic E-state index is 12.4. The molecule has 0 aromatic carbocycles. The van der Waals surface area contributed by atoms with Gasteiger partial charge in [-0.1, -0.05) is 13.8 Å². The minimum atomic E-state index is -3.44. The minimum Gasteiger partial charge on any atom is -0.481 e. The summed E-state index contributed by atoms with van der Waals surface area (Å²) in [4.78, 5) is 4.06. The summed E-state index contributed by atoms with van der Waals surface area (Å²) in [5, 5.41) is -0.366. The Kier molecular flexibility index (Phi) is 4.08. The molecule has 3 atom stereocenters. The molecule has 0 aliphatic heterocycles. The molecule has 1 fully saturated rings. The van der Waals surface area contributed by atoms with Crippen molar-refractivity contribution in [1.82, 2.24) is 4.98 Å². The molecule has 0 spiro atoms. The van der Waals surface area contributed by atoms with Crippen LogP contribution >= 0.6 is 0 Å². The predicted molar refractivity (Wildman–Crippen MR) is 76.6 cm³/mol. The van der Waals surface area contributed by atoms with Gasteiger partial charge in [0, 0.05) is 6.07 Å². The van der Waals surface area contributed by atoms with E-state index in [1.54, 1.807) is 12.1 Å². The Morgan fingerprint density at radius 2 is 1.85 bits per heavy atom. The fourth-order valence-electron chi connectivity index (χ4n) is 2.82. The van der Waals surface area contributed by atoms with Gasteiger partial charge in [-0.2, -0.15) is 4.98 Å². The van der Waals surface area contributed by atoms with Gasteiger partial charge in [-0.15, -0.1) is 0 Å². The van der Waals surface area contributed by atoms with Crippen LogP contribution in [0.15, 0.2) is 12.1 Å². The Balaban J connectivity index is 2.25. The van der Waals surface area contributed by atoms with E-state index in [4.69, 9.17) is 9.47 Å². The Morgan fingerprint density at radius 3 is 2.35 bits per heavy atom. The van der Waals surface area contributed by atoms with Crippen molar-refractivity contribution in [3.8, 4) is 11.8 Å². The van der Waals surface area contributed by atoms with Crippen molar-refractivity contribution in [2.75, 3.05) is 18.9 Å². The van der Waals surface area contributed by atoms with E-state index in [2.05, 4.69) is 9.71 Å². The van der Waals surface area contributed by atoms with Crippen LogP contribution < -0.4 is 14.2 Å². The van der Waals surface area contributed by atoms with Crippen molar-refractivity contribution in [3.05, 3.63) is 12.1 Å². The van der Waals surface area contributed by atoms with Crippen LogP contribution in [0.3, 0.4) is 0 Å². The number of nitrogens with one attached hydrogen (secondary N) is 1. The number of methoxy groups -OCH3 is 2. The van der Waals surface area contributed by atoms with Gasteiger partial charge >= 0.3 is 0 Å². The van der Waals surface area contributed by atoms with Gasteiger partial charge < -0.3 is 9.47 Å². The lowest BCUT2D eigenvalue weighted by Gasteiger charge is -2.40. The molecule has 1 aliphatic rings. The molecule has 1 aliphatic carbocycles. The quantitative estimate of drug-likeness (QED) is 0.898. The predicted octanol–water partition coefficient (Wildman–Crippen LogP) is 1.88. The second-order valence-electron chi connectivity index (χ2n) is 5.21. The molecule has 112 valence electrons. The summed E-state index contributed by atoms with van der Waals surface area (Å²) in [7, 11) is -0.510. The summed E-state index contributed by atoms with van der Waals surface area (Å²) < 4.78 is 37.5. The largest absolute Gasteiger partial charge is 0.481 e. The third-order valence-corrected chi connectivity index (χ3v) is 5.86. The SMILES string of the molecule is COc1ccc(NS(=O)(=O)C2C(C)C[C@H]2C)c(OC)n1. The van der Waals surface area contributed by atoms with Crippen molar-refractivity contribution in [1.29, 1.82) is 0 Å². The average molecular weight is 300 g/mol. The van der Waals surface area contributed by atoms with Gasteiger partial charge in [0.05, 0.1) is 19.5 Å². The molecule has 20 heavy (non-hydrogen) atoms. The highest BCUT2D eigenvalue weighted by Gasteiger charge is 2.44.